The van der Waals surface area contributed by atoms with Crippen molar-refractivity contribution in [2.75, 3.05) is 10.6 Å². The molecule has 0 fully saturated rings. The van der Waals surface area contributed by atoms with Crippen LogP contribution >= 0.6 is 0 Å². The minimum atomic E-state index is -0.701. The van der Waals surface area contributed by atoms with Crippen LogP contribution in [0, 0.1) is 6.92 Å². The molecule has 158 valence electrons. The average molecular weight is 410 g/mol. The van der Waals surface area contributed by atoms with E-state index >= 15 is 0 Å². The zero-order chi connectivity index (χ0) is 21.8. The number of unbranched alkanes of at least 4 members (excludes halogenated alkanes) is 1. The molecule has 30 heavy (non-hydrogen) atoms. The molecule has 9 nitrogen and oxygen atoms in total. The summed E-state index contributed by atoms with van der Waals surface area (Å²) in [5.74, 6) is -0.458. The highest BCUT2D eigenvalue weighted by Gasteiger charge is 2.27. The highest BCUT2D eigenvalue weighted by atomic mass is 16.2. The highest BCUT2D eigenvalue weighted by molar-refractivity contribution is 6.06. The Morgan fingerprint density at radius 3 is 2.53 bits per heavy atom. The molecule has 3 aromatic rings. The fourth-order valence-corrected chi connectivity index (χ4v) is 3.34. The minimum absolute atomic E-state index is 0.0274. The number of aromatic nitrogens is 4. The van der Waals surface area contributed by atoms with Crippen molar-refractivity contribution in [3.8, 4) is 0 Å². The van der Waals surface area contributed by atoms with Gasteiger partial charge in [-0.1, -0.05) is 43.7 Å². The van der Waals surface area contributed by atoms with Crippen molar-refractivity contribution in [2.45, 2.75) is 39.8 Å². The molecule has 0 aliphatic carbocycles. The summed E-state index contributed by atoms with van der Waals surface area (Å²) in [6.07, 6.45) is 1.56. The third-order valence-electron chi connectivity index (χ3n) is 4.87. The van der Waals surface area contributed by atoms with Gasteiger partial charge in [-0.3, -0.25) is 28.7 Å². The maximum absolute atomic E-state index is 13.5. The summed E-state index contributed by atoms with van der Waals surface area (Å²) in [6, 6.07) is 10.9. The summed E-state index contributed by atoms with van der Waals surface area (Å²) in [6.45, 7) is 4.24. The molecule has 1 aromatic carbocycles. The van der Waals surface area contributed by atoms with Crippen LogP contribution in [0.4, 0.5) is 11.5 Å². The lowest BCUT2D eigenvalue weighted by Gasteiger charge is -2.24. The number of H-pyrrole nitrogens is 1. The molecular formula is C21H26N6O3. The maximum atomic E-state index is 13.5. The first-order chi connectivity index (χ1) is 14.3. The molecule has 2 aromatic heterocycles. The van der Waals surface area contributed by atoms with E-state index in [1.54, 1.807) is 20.0 Å². The van der Waals surface area contributed by atoms with Crippen LogP contribution in [0.2, 0.25) is 0 Å². The Kier molecular flexibility index (Phi) is 6.20. The Morgan fingerprint density at radius 2 is 1.93 bits per heavy atom. The zero-order valence-corrected chi connectivity index (χ0v) is 17.4. The Hall–Kier alpha value is -3.62. The Morgan fingerprint density at radius 1 is 1.23 bits per heavy atom. The highest BCUT2D eigenvalue weighted by Crippen LogP contribution is 2.22. The van der Waals surface area contributed by atoms with Crippen LogP contribution in [0.5, 0.6) is 0 Å². The maximum Gasteiger partial charge on any atom is 0.330 e. The average Bonchev–Trinajstić information content (AvgIpc) is 3.05. The van der Waals surface area contributed by atoms with E-state index in [0.29, 0.717) is 24.4 Å². The van der Waals surface area contributed by atoms with Crippen LogP contribution in [-0.2, 0) is 20.1 Å². The van der Waals surface area contributed by atoms with E-state index < -0.39 is 17.2 Å². The van der Waals surface area contributed by atoms with Crippen molar-refractivity contribution in [1.29, 1.82) is 0 Å². The molecule has 0 saturated heterocycles. The SMILES string of the molecule is CCCCn1c(N)c(N(Cc2ccccc2)C(=O)c2cc(C)nn2C)c(=O)[nH]c1=O. The number of carbonyl (C=O) groups excluding carboxylic acids is 1. The van der Waals surface area contributed by atoms with Crippen LogP contribution in [0.1, 0.15) is 41.5 Å². The predicted octanol–water partition coefficient (Wildman–Crippen LogP) is 1.81. The molecule has 0 unspecified atom stereocenters. The Labute approximate surface area is 173 Å². The largest absolute Gasteiger partial charge is 0.383 e. The van der Waals surface area contributed by atoms with Gasteiger partial charge in [-0.25, -0.2) is 4.79 Å². The third-order valence-corrected chi connectivity index (χ3v) is 4.87. The molecule has 9 heteroatoms. The number of benzene rings is 1. The van der Waals surface area contributed by atoms with E-state index in [1.807, 2.05) is 37.3 Å². The van der Waals surface area contributed by atoms with Crippen LogP contribution in [-0.4, -0.2) is 25.2 Å². The number of aromatic amines is 1. The van der Waals surface area contributed by atoms with Gasteiger partial charge in [-0.15, -0.1) is 0 Å². The molecular weight excluding hydrogens is 384 g/mol. The summed E-state index contributed by atoms with van der Waals surface area (Å²) >= 11 is 0. The van der Waals surface area contributed by atoms with Gasteiger partial charge in [-0.05, 0) is 25.0 Å². The summed E-state index contributed by atoms with van der Waals surface area (Å²) in [5, 5.41) is 4.23. The van der Waals surface area contributed by atoms with Gasteiger partial charge in [0.05, 0.1) is 12.2 Å². The van der Waals surface area contributed by atoms with E-state index in [2.05, 4.69) is 10.1 Å². The van der Waals surface area contributed by atoms with Crippen molar-refractivity contribution in [1.82, 2.24) is 19.3 Å². The second kappa shape index (κ2) is 8.81. The number of nitrogens with zero attached hydrogens (tertiary/aromatic N) is 4. The fraction of sp³-hybridized carbons (Fsp3) is 0.333. The van der Waals surface area contributed by atoms with Crippen LogP contribution < -0.4 is 21.9 Å². The first-order valence-electron chi connectivity index (χ1n) is 9.82. The van der Waals surface area contributed by atoms with E-state index in [0.717, 1.165) is 12.0 Å². The van der Waals surface area contributed by atoms with Gasteiger partial charge in [0.1, 0.15) is 11.5 Å². The predicted molar refractivity (Wildman–Crippen MR) is 116 cm³/mol. The van der Waals surface area contributed by atoms with Crippen LogP contribution in [0.15, 0.2) is 46.0 Å². The molecule has 0 bridgehead atoms. The normalized spacial score (nSPS) is 10.9. The second-order valence-corrected chi connectivity index (χ2v) is 7.17. The summed E-state index contributed by atoms with van der Waals surface area (Å²) in [5.41, 5.74) is 6.74. The molecule has 0 aliphatic heterocycles. The van der Waals surface area contributed by atoms with Gasteiger partial charge in [0, 0.05) is 13.6 Å². The van der Waals surface area contributed by atoms with Gasteiger partial charge in [-0.2, -0.15) is 5.10 Å². The standard InChI is InChI=1S/C21H26N6O3/c1-4-5-11-26-18(22)17(19(28)23-21(26)30)27(13-15-9-7-6-8-10-15)20(29)16-12-14(2)24-25(16)3/h6-10,12H,4-5,11,13,22H2,1-3H3,(H,23,28,30). The Balaban J connectivity index is 2.17. The second-order valence-electron chi connectivity index (χ2n) is 7.17. The fourth-order valence-electron chi connectivity index (χ4n) is 3.34. The van der Waals surface area contributed by atoms with Crippen molar-refractivity contribution in [3.05, 3.63) is 74.2 Å². The number of amides is 1. The quantitative estimate of drug-likeness (QED) is 0.616. The summed E-state index contributed by atoms with van der Waals surface area (Å²) in [7, 11) is 1.66. The zero-order valence-electron chi connectivity index (χ0n) is 17.4. The van der Waals surface area contributed by atoms with E-state index in [1.165, 1.54) is 14.1 Å². The molecule has 0 aliphatic rings. The van der Waals surface area contributed by atoms with Crippen molar-refractivity contribution in [2.24, 2.45) is 7.05 Å². The first kappa shape index (κ1) is 21.1. The van der Waals surface area contributed by atoms with E-state index in [9.17, 15) is 14.4 Å². The molecule has 0 radical (unpaired) electrons. The van der Waals surface area contributed by atoms with Gasteiger partial charge in [0.25, 0.3) is 11.5 Å². The van der Waals surface area contributed by atoms with E-state index in [4.69, 9.17) is 5.73 Å². The van der Waals surface area contributed by atoms with Crippen molar-refractivity contribution in [3.63, 3.8) is 0 Å². The number of hydrogen-bond acceptors (Lipinski definition) is 5. The number of rotatable bonds is 7. The number of carbonyl (C=O) groups is 1. The molecule has 1 amide bonds. The molecule has 0 saturated carbocycles. The molecule has 0 spiro atoms. The Bertz CT molecular complexity index is 1160. The van der Waals surface area contributed by atoms with Gasteiger partial charge in [0.15, 0.2) is 5.69 Å². The smallest absolute Gasteiger partial charge is 0.330 e. The van der Waals surface area contributed by atoms with Crippen LogP contribution in [0.25, 0.3) is 0 Å². The van der Waals surface area contributed by atoms with Gasteiger partial charge in [0.2, 0.25) is 0 Å². The number of anilines is 2. The minimum Gasteiger partial charge on any atom is -0.383 e. The summed E-state index contributed by atoms with van der Waals surface area (Å²) in [4.78, 5) is 42.2. The third kappa shape index (κ3) is 4.19. The molecule has 2 heterocycles. The summed E-state index contributed by atoms with van der Waals surface area (Å²) < 4.78 is 2.77. The first-order valence-corrected chi connectivity index (χ1v) is 9.82. The number of nitrogen functional groups attached to an aromatic ring is 1. The van der Waals surface area contributed by atoms with Crippen molar-refractivity contribution >= 4 is 17.4 Å². The van der Waals surface area contributed by atoms with Gasteiger partial charge < -0.3 is 5.73 Å². The number of nitrogens with one attached hydrogen (secondary N) is 1. The molecule has 3 rings (SSSR count). The van der Waals surface area contributed by atoms with Gasteiger partial charge >= 0.3 is 5.69 Å². The number of hydrogen-bond donors (Lipinski definition) is 2. The lowest BCUT2D eigenvalue weighted by atomic mass is 10.2. The van der Waals surface area contributed by atoms with E-state index in [-0.39, 0.29) is 18.1 Å². The molecule has 3 N–H and O–H groups in total. The molecule has 0 atom stereocenters. The number of aryl methyl sites for hydroxylation is 2. The number of nitrogens with two attached hydrogens (primary N) is 1. The monoisotopic (exact) mass is 410 g/mol. The lowest BCUT2D eigenvalue weighted by molar-refractivity contribution is 0.0975. The van der Waals surface area contributed by atoms with Crippen molar-refractivity contribution < 1.29 is 4.79 Å². The van der Waals surface area contributed by atoms with Crippen LogP contribution in [0.3, 0.4) is 0 Å². The lowest BCUT2D eigenvalue weighted by Crippen LogP contribution is -2.41. The topological polar surface area (TPSA) is 119 Å².